The van der Waals surface area contributed by atoms with Crippen LogP contribution in [0.25, 0.3) is 22.0 Å². The number of nitrogens with zero attached hydrogens (tertiary/aromatic N) is 2. The first kappa shape index (κ1) is 14.4. The van der Waals surface area contributed by atoms with Crippen LogP contribution in [0.5, 0.6) is 5.75 Å². The molecular weight excluding hydrogens is 281 g/mol. The second-order valence-electron chi connectivity index (χ2n) is 4.91. The van der Waals surface area contributed by atoms with Crippen molar-refractivity contribution in [3.05, 3.63) is 54.2 Å². The van der Waals surface area contributed by atoms with Crippen LogP contribution in [0.3, 0.4) is 0 Å². The first-order chi connectivity index (χ1) is 10.7. The highest BCUT2D eigenvalue weighted by Gasteiger charge is 2.17. The number of pyridine rings is 2. The summed E-state index contributed by atoms with van der Waals surface area (Å²) in [6, 6.07) is 8.26. The van der Waals surface area contributed by atoms with Crippen LogP contribution in [0, 0.1) is 5.82 Å². The lowest BCUT2D eigenvalue weighted by Gasteiger charge is -2.16. The Morgan fingerprint density at radius 2 is 2.14 bits per heavy atom. The largest absolute Gasteiger partial charge is 0.495 e. The van der Waals surface area contributed by atoms with E-state index in [9.17, 15) is 4.39 Å². The van der Waals surface area contributed by atoms with Crippen LogP contribution >= 0.6 is 0 Å². The smallest absolute Gasteiger partial charge is 0.138 e. The minimum absolute atomic E-state index is 0.323. The number of nitrogens with two attached hydrogens (primary N) is 1. The molecule has 3 rings (SSSR count). The second-order valence-corrected chi connectivity index (χ2v) is 4.91. The molecule has 0 aliphatic rings. The molecule has 0 radical (unpaired) electrons. The lowest BCUT2D eigenvalue weighted by Crippen LogP contribution is -2.07. The molecule has 2 N–H and O–H groups in total. The van der Waals surface area contributed by atoms with Gasteiger partial charge in [0, 0.05) is 35.3 Å². The topological polar surface area (TPSA) is 61.0 Å². The van der Waals surface area contributed by atoms with Gasteiger partial charge < -0.3 is 10.5 Å². The molecule has 0 spiro atoms. The molecule has 0 saturated heterocycles. The standard InChI is InChI=1S/C17H16FN3O/c1-22-17-13-9-12(18)4-5-14(13)21-15(6-7-19)16(17)11-3-2-8-20-10-11/h2-5,8-10H,6-7,19H2,1H3. The number of ether oxygens (including phenoxy) is 1. The maximum atomic E-state index is 13.6. The molecular formula is C17H16FN3O. The zero-order chi connectivity index (χ0) is 15.5. The first-order valence-electron chi connectivity index (χ1n) is 7.01. The number of methoxy groups -OCH3 is 1. The van der Waals surface area contributed by atoms with Crippen LogP contribution < -0.4 is 10.5 Å². The maximum Gasteiger partial charge on any atom is 0.138 e. The van der Waals surface area contributed by atoms with Gasteiger partial charge in [-0.2, -0.15) is 0 Å². The highest BCUT2D eigenvalue weighted by molar-refractivity contribution is 5.93. The Morgan fingerprint density at radius 3 is 2.82 bits per heavy atom. The van der Waals surface area contributed by atoms with Crippen molar-refractivity contribution in [3.63, 3.8) is 0 Å². The number of fused-ring (bicyclic) bond motifs is 1. The predicted octanol–water partition coefficient (Wildman–Crippen LogP) is 2.95. The molecule has 2 aromatic heterocycles. The Labute approximate surface area is 127 Å². The highest BCUT2D eigenvalue weighted by atomic mass is 19.1. The quantitative estimate of drug-likeness (QED) is 0.804. The molecule has 1 aromatic carbocycles. The number of hydrogen-bond donors (Lipinski definition) is 1. The number of rotatable bonds is 4. The van der Waals surface area contributed by atoms with Gasteiger partial charge in [0.05, 0.1) is 18.3 Å². The number of halogens is 1. The van der Waals surface area contributed by atoms with Gasteiger partial charge >= 0.3 is 0 Å². The minimum Gasteiger partial charge on any atom is -0.495 e. The summed E-state index contributed by atoms with van der Waals surface area (Å²) >= 11 is 0. The van der Waals surface area contributed by atoms with Crippen molar-refractivity contribution in [2.45, 2.75) is 6.42 Å². The van der Waals surface area contributed by atoms with Crippen molar-refractivity contribution >= 4 is 10.9 Å². The van der Waals surface area contributed by atoms with Crippen molar-refractivity contribution in [2.24, 2.45) is 5.73 Å². The van der Waals surface area contributed by atoms with Crippen molar-refractivity contribution in [1.29, 1.82) is 0 Å². The Hall–Kier alpha value is -2.53. The van der Waals surface area contributed by atoms with Crippen molar-refractivity contribution in [2.75, 3.05) is 13.7 Å². The van der Waals surface area contributed by atoms with Crippen LogP contribution in [0.2, 0.25) is 0 Å². The van der Waals surface area contributed by atoms with Crippen molar-refractivity contribution in [1.82, 2.24) is 9.97 Å². The molecule has 4 nitrogen and oxygen atoms in total. The minimum atomic E-state index is -0.323. The van der Waals surface area contributed by atoms with Gasteiger partial charge in [-0.3, -0.25) is 9.97 Å². The van der Waals surface area contributed by atoms with Crippen LogP contribution in [0.1, 0.15) is 5.69 Å². The van der Waals surface area contributed by atoms with Gasteiger partial charge in [0.15, 0.2) is 0 Å². The summed E-state index contributed by atoms with van der Waals surface area (Å²) in [6.45, 7) is 0.468. The Balaban J connectivity index is 2.38. The molecule has 0 atom stereocenters. The summed E-state index contributed by atoms with van der Waals surface area (Å²) in [5.41, 5.74) is 8.92. The fourth-order valence-corrected chi connectivity index (χ4v) is 2.59. The molecule has 0 aliphatic carbocycles. The van der Waals surface area contributed by atoms with Gasteiger partial charge in [-0.1, -0.05) is 6.07 Å². The van der Waals surface area contributed by atoms with E-state index in [4.69, 9.17) is 10.5 Å². The Bertz CT molecular complexity index is 806. The van der Waals surface area contributed by atoms with E-state index in [0.29, 0.717) is 29.6 Å². The van der Waals surface area contributed by atoms with E-state index in [1.54, 1.807) is 25.6 Å². The average Bonchev–Trinajstić information content (AvgIpc) is 2.55. The number of benzene rings is 1. The summed E-state index contributed by atoms with van der Waals surface area (Å²) in [6.07, 6.45) is 4.05. The van der Waals surface area contributed by atoms with Crippen molar-refractivity contribution < 1.29 is 9.13 Å². The molecule has 112 valence electrons. The Kier molecular flexibility index (Phi) is 3.98. The second kappa shape index (κ2) is 6.07. The predicted molar refractivity (Wildman–Crippen MR) is 84.2 cm³/mol. The molecule has 0 saturated carbocycles. The average molecular weight is 297 g/mol. The molecule has 0 aliphatic heterocycles. The third-order valence-corrected chi connectivity index (χ3v) is 3.51. The summed E-state index contributed by atoms with van der Waals surface area (Å²) in [4.78, 5) is 8.78. The van der Waals surface area contributed by atoms with Gasteiger partial charge in [0.1, 0.15) is 11.6 Å². The van der Waals surface area contributed by atoms with Gasteiger partial charge in [-0.25, -0.2) is 4.39 Å². The van der Waals surface area contributed by atoms with Gasteiger partial charge in [-0.05, 0) is 30.8 Å². The summed E-state index contributed by atoms with van der Waals surface area (Å²) in [7, 11) is 1.58. The molecule has 0 fully saturated rings. The molecule has 2 heterocycles. The maximum absolute atomic E-state index is 13.6. The van der Waals surface area contributed by atoms with Gasteiger partial charge in [0.25, 0.3) is 0 Å². The van der Waals surface area contributed by atoms with E-state index in [1.807, 2.05) is 12.1 Å². The van der Waals surface area contributed by atoms with Crippen molar-refractivity contribution in [3.8, 4) is 16.9 Å². The Morgan fingerprint density at radius 1 is 1.27 bits per heavy atom. The third-order valence-electron chi connectivity index (χ3n) is 3.51. The summed E-state index contributed by atoms with van der Waals surface area (Å²) in [5, 5.41) is 0.641. The zero-order valence-electron chi connectivity index (χ0n) is 12.2. The van der Waals surface area contributed by atoms with Crippen LogP contribution in [-0.2, 0) is 6.42 Å². The fraction of sp³-hybridized carbons (Fsp3) is 0.176. The molecule has 5 heteroatoms. The summed E-state index contributed by atoms with van der Waals surface area (Å²) < 4.78 is 19.2. The first-order valence-corrected chi connectivity index (χ1v) is 7.01. The molecule has 22 heavy (non-hydrogen) atoms. The van der Waals surface area contributed by atoms with E-state index in [-0.39, 0.29) is 5.82 Å². The number of hydrogen-bond acceptors (Lipinski definition) is 4. The normalized spacial score (nSPS) is 10.9. The van der Waals surface area contributed by atoms with Crippen LogP contribution in [0.4, 0.5) is 4.39 Å². The lowest BCUT2D eigenvalue weighted by molar-refractivity contribution is 0.420. The monoisotopic (exact) mass is 297 g/mol. The third kappa shape index (κ3) is 2.51. The zero-order valence-corrected chi connectivity index (χ0v) is 12.2. The molecule has 0 unspecified atom stereocenters. The number of aromatic nitrogens is 2. The molecule has 0 bridgehead atoms. The molecule has 0 amide bonds. The van der Waals surface area contributed by atoms with Gasteiger partial charge in [-0.15, -0.1) is 0 Å². The van der Waals surface area contributed by atoms with E-state index in [0.717, 1.165) is 16.8 Å². The lowest BCUT2D eigenvalue weighted by atomic mass is 9.99. The van der Waals surface area contributed by atoms with E-state index in [1.165, 1.54) is 12.1 Å². The highest BCUT2D eigenvalue weighted by Crippen LogP contribution is 2.38. The molecule has 3 aromatic rings. The summed E-state index contributed by atoms with van der Waals surface area (Å²) in [5.74, 6) is 0.275. The fourth-order valence-electron chi connectivity index (χ4n) is 2.59. The van der Waals surface area contributed by atoms with E-state index >= 15 is 0 Å². The van der Waals surface area contributed by atoms with Gasteiger partial charge in [0.2, 0.25) is 0 Å². The van der Waals surface area contributed by atoms with Crippen LogP contribution in [-0.4, -0.2) is 23.6 Å². The van der Waals surface area contributed by atoms with Crippen LogP contribution in [0.15, 0.2) is 42.7 Å². The van der Waals surface area contributed by atoms with E-state index in [2.05, 4.69) is 9.97 Å². The van der Waals surface area contributed by atoms with E-state index < -0.39 is 0 Å². The SMILES string of the molecule is COc1c(-c2cccnc2)c(CCN)nc2ccc(F)cc12.